The Kier molecular flexibility index (Phi) is 5.86. The van der Waals surface area contributed by atoms with Crippen LogP contribution in [0.2, 0.25) is 0 Å². The predicted octanol–water partition coefficient (Wildman–Crippen LogP) is 2.35. The molecule has 1 aromatic rings. The molecule has 0 aliphatic carbocycles. The van der Waals surface area contributed by atoms with Gasteiger partial charge in [-0.15, -0.1) is 11.3 Å². The van der Waals surface area contributed by atoms with Crippen molar-refractivity contribution < 1.29 is 4.74 Å². The van der Waals surface area contributed by atoms with Crippen LogP contribution >= 0.6 is 11.3 Å². The van der Waals surface area contributed by atoms with Crippen LogP contribution in [-0.2, 0) is 17.7 Å². The topological polar surface area (TPSA) is 36.9 Å². The molecule has 4 nitrogen and oxygen atoms in total. The maximum absolute atomic E-state index is 5.43. The molecular formula is C15H25N3OS. The summed E-state index contributed by atoms with van der Waals surface area (Å²) in [4.78, 5) is 9.37. The molecular weight excluding hydrogens is 270 g/mol. The second kappa shape index (κ2) is 7.64. The normalized spacial score (nSPS) is 19.4. The summed E-state index contributed by atoms with van der Waals surface area (Å²) < 4.78 is 5.43. The maximum atomic E-state index is 5.43. The third-order valence-corrected chi connectivity index (χ3v) is 4.85. The van der Waals surface area contributed by atoms with Gasteiger partial charge in [-0.2, -0.15) is 0 Å². The van der Waals surface area contributed by atoms with E-state index in [-0.39, 0.29) is 0 Å². The molecule has 1 fully saturated rings. The fraction of sp³-hybridized carbons (Fsp3) is 0.667. The number of guanidine groups is 1. The number of hydrogen-bond donors (Lipinski definition) is 1. The van der Waals surface area contributed by atoms with Gasteiger partial charge in [0.05, 0.1) is 13.2 Å². The largest absolute Gasteiger partial charge is 0.381 e. The average molecular weight is 295 g/mol. The number of nitrogens with zero attached hydrogens (tertiary/aromatic N) is 2. The molecule has 20 heavy (non-hydrogen) atoms. The number of nitrogens with one attached hydrogen (secondary N) is 1. The molecule has 1 unspecified atom stereocenters. The van der Waals surface area contributed by atoms with E-state index in [2.05, 4.69) is 41.3 Å². The number of thiophene rings is 1. The van der Waals surface area contributed by atoms with Crippen molar-refractivity contribution in [2.75, 3.05) is 33.9 Å². The van der Waals surface area contributed by atoms with Gasteiger partial charge in [-0.3, -0.25) is 4.99 Å². The van der Waals surface area contributed by atoms with Crippen molar-refractivity contribution >= 4 is 17.3 Å². The van der Waals surface area contributed by atoms with Gasteiger partial charge in [0.1, 0.15) is 0 Å². The lowest BCUT2D eigenvalue weighted by molar-refractivity contribution is 0.181. The number of ether oxygens (including phenoxy) is 1. The lowest BCUT2D eigenvalue weighted by Gasteiger charge is -2.24. The van der Waals surface area contributed by atoms with E-state index in [0.29, 0.717) is 5.92 Å². The first kappa shape index (κ1) is 15.3. The first-order valence-electron chi connectivity index (χ1n) is 7.30. The summed E-state index contributed by atoms with van der Waals surface area (Å²) in [6.07, 6.45) is 2.27. The Balaban J connectivity index is 1.81. The summed E-state index contributed by atoms with van der Waals surface area (Å²) in [6.45, 7) is 5.83. The zero-order valence-corrected chi connectivity index (χ0v) is 13.5. The van der Waals surface area contributed by atoms with E-state index in [4.69, 9.17) is 4.74 Å². The van der Waals surface area contributed by atoms with Gasteiger partial charge < -0.3 is 15.0 Å². The molecule has 1 aliphatic rings. The Morgan fingerprint density at radius 3 is 2.90 bits per heavy atom. The lowest BCUT2D eigenvalue weighted by Crippen LogP contribution is -2.41. The van der Waals surface area contributed by atoms with E-state index < -0.39 is 0 Å². The number of rotatable bonds is 5. The number of aliphatic imine (C=N–C) groups is 1. The number of aryl methyl sites for hydroxylation is 1. The smallest absolute Gasteiger partial charge is 0.193 e. The van der Waals surface area contributed by atoms with E-state index in [0.717, 1.165) is 45.1 Å². The molecule has 0 amide bonds. The molecule has 0 spiro atoms. The maximum Gasteiger partial charge on any atom is 0.193 e. The van der Waals surface area contributed by atoms with Crippen molar-refractivity contribution in [2.24, 2.45) is 10.9 Å². The van der Waals surface area contributed by atoms with E-state index in [1.165, 1.54) is 9.75 Å². The molecule has 0 saturated carbocycles. The summed E-state index contributed by atoms with van der Waals surface area (Å²) in [5.74, 6) is 1.59. The molecule has 0 aromatic carbocycles. The van der Waals surface area contributed by atoms with Gasteiger partial charge in [0, 0.05) is 42.9 Å². The highest BCUT2D eigenvalue weighted by Crippen LogP contribution is 2.17. The SMILES string of the molecule is CCc1ccc(CNC(=NC)N(C)CC2CCOC2)s1. The van der Waals surface area contributed by atoms with Crippen LogP contribution in [0, 0.1) is 5.92 Å². The van der Waals surface area contributed by atoms with Gasteiger partial charge in [0.15, 0.2) is 5.96 Å². The van der Waals surface area contributed by atoms with Gasteiger partial charge in [0.25, 0.3) is 0 Å². The second-order valence-corrected chi connectivity index (χ2v) is 6.49. The average Bonchev–Trinajstić information content (AvgIpc) is 3.10. The Labute approximate surface area is 125 Å². The first-order valence-corrected chi connectivity index (χ1v) is 8.11. The van der Waals surface area contributed by atoms with Crippen molar-refractivity contribution in [1.82, 2.24) is 10.2 Å². The minimum absolute atomic E-state index is 0.631. The van der Waals surface area contributed by atoms with Crippen LogP contribution in [0.3, 0.4) is 0 Å². The minimum atomic E-state index is 0.631. The monoisotopic (exact) mass is 295 g/mol. The molecule has 5 heteroatoms. The Hall–Kier alpha value is -1.07. The quantitative estimate of drug-likeness (QED) is 0.669. The summed E-state index contributed by atoms with van der Waals surface area (Å²) in [6, 6.07) is 4.42. The molecule has 2 heterocycles. The van der Waals surface area contributed by atoms with Crippen LogP contribution in [0.4, 0.5) is 0 Å². The highest BCUT2D eigenvalue weighted by atomic mass is 32.1. The van der Waals surface area contributed by atoms with Crippen molar-refractivity contribution in [3.05, 3.63) is 21.9 Å². The van der Waals surface area contributed by atoms with Gasteiger partial charge in [-0.1, -0.05) is 6.92 Å². The summed E-state index contributed by atoms with van der Waals surface area (Å²) in [5.41, 5.74) is 0. The first-order chi connectivity index (χ1) is 9.72. The van der Waals surface area contributed by atoms with Crippen LogP contribution < -0.4 is 5.32 Å². The fourth-order valence-electron chi connectivity index (χ4n) is 2.46. The molecule has 1 aliphatic heterocycles. The van der Waals surface area contributed by atoms with Gasteiger partial charge in [0.2, 0.25) is 0 Å². The summed E-state index contributed by atoms with van der Waals surface area (Å²) in [5, 5.41) is 3.44. The zero-order chi connectivity index (χ0) is 14.4. The highest BCUT2D eigenvalue weighted by molar-refractivity contribution is 7.11. The molecule has 2 rings (SSSR count). The number of hydrogen-bond acceptors (Lipinski definition) is 3. The van der Waals surface area contributed by atoms with Crippen LogP contribution in [0.5, 0.6) is 0 Å². The Bertz CT molecular complexity index is 438. The minimum Gasteiger partial charge on any atom is -0.381 e. The molecule has 112 valence electrons. The van der Waals surface area contributed by atoms with Gasteiger partial charge in [-0.05, 0) is 25.0 Å². The summed E-state index contributed by atoms with van der Waals surface area (Å²) >= 11 is 1.87. The van der Waals surface area contributed by atoms with E-state index in [9.17, 15) is 0 Å². The van der Waals surface area contributed by atoms with Gasteiger partial charge in [-0.25, -0.2) is 0 Å². The van der Waals surface area contributed by atoms with Crippen molar-refractivity contribution in [1.29, 1.82) is 0 Å². The molecule has 1 aromatic heterocycles. The van der Waals surface area contributed by atoms with E-state index >= 15 is 0 Å². The fourth-order valence-corrected chi connectivity index (χ4v) is 3.36. The Morgan fingerprint density at radius 1 is 1.50 bits per heavy atom. The lowest BCUT2D eigenvalue weighted by atomic mass is 10.1. The molecule has 1 N–H and O–H groups in total. The second-order valence-electron chi connectivity index (χ2n) is 5.23. The van der Waals surface area contributed by atoms with Crippen molar-refractivity contribution in [3.8, 4) is 0 Å². The molecule has 0 bridgehead atoms. The summed E-state index contributed by atoms with van der Waals surface area (Å²) in [7, 11) is 3.94. The van der Waals surface area contributed by atoms with Crippen LogP contribution in [0.1, 0.15) is 23.1 Å². The standard InChI is InChI=1S/C15H25N3OS/c1-4-13-5-6-14(20-13)9-17-15(16-2)18(3)10-12-7-8-19-11-12/h5-6,12H,4,7-11H2,1-3H3,(H,16,17). The predicted molar refractivity (Wildman–Crippen MR) is 85.5 cm³/mol. The van der Waals surface area contributed by atoms with Crippen LogP contribution in [0.25, 0.3) is 0 Å². The van der Waals surface area contributed by atoms with E-state index in [1.54, 1.807) is 0 Å². The zero-order valence-electron chi connectivity index (χ0n) is 12.7. The molecule has 0 radical (unpaired) electrons. The van der Waals surface area contributed by atoms with Crippen LogP contribution in [-0.4, -0.2) is 44.7 Å². The van der Waals surface area contributed by atoms with Crippen molar-refractivity contribution in [3.63, 3.8) is 0 Å². The highest BCUT2D eigenvalue weighted by Gasteiger charge is 2.19. The van der Waals surface area contributed by atoms with E-state index in [1.807, 2.05) is 18.4 Å². The Morgan fingerprint density at radius 2 is 2.30 bits per heavy atom. The molecule has 1 saturated heterocycles. The van der Waals surface area contributed by atoms with Crippen LogP contribution in [0.15, 0.2) is 17.1 Å². The van der Waals surface area contributed by atoms with Gasteiger partial charge >= 0.3 is 0 Å². The molecule has 1 atom stereocenters. The third-order valence-electron chi connectivity index (χ3n) is 3.62. The third kappa shape index (κ3) is 4.21. The van der Waals surface area contributed by atoms with Crippen molar-refractivity contribution in [2.45, 2.75) is 26.3 Å².